The van der Waals surface area contributed by atoms with E-state index in [1.54, 1.807) is 18.2 Å². The SMILES string of the molecule is Cc1ccccc1NC(=O)/C(C#N)=C/c1ccc(OCC(N)=O)c(Cl)c1. The summed E-state index contributed by atoms with van der Waals surface area (Å²) >= 11 is 6.08. The van der Waals surface area contributed by atoms with Crippen LogP contribution < -0.4 is 15.8 Å². The molecule has 0 aliphatic heterocycles. The Balaban J connectivity index is 2.19. The summed E-state index contributed by atoms with van der Waals surface area (Å²) in [5.74, 6) is -0.859. The van der Waals surface area contributed by atoms with Crippen molar-refractivity contribution >= 4 is 35.2 Å². The summed E-state index contributed by atoms with van der Waals surface area (Å²) < 4.78 is 5.15. The van der Waals surface area contributed by atoms with Crippen molar-refractivity contribution in [3.05, 3.63) is 64.2 Å². The maximum atomic E-state index is 12.3. The first-order valence-corrected chi connectivity index (χ1v) is 7.98. The molecule has 0 spiro atoms. The lowest BCUT2D eigenvalue weighted by Crippen LogP contribution is -2.20. The van der Waals surface area contributed by atoms with Crippen LogP contribution in [0, 0.1) is 18.3 Å². The molecule has 0 atom stereocenters. The zero-order valence-corrected chi connectivity index (χ0v) is 14.7. The number of amides is 2. The molecule has 2 aromatic rings. The number of nitrogens with one attached hydrogen (secondary N) is 1. The van der Waals surface area contributed by atoms with Crippen molar-refractivity contribution in [1.29, 1.82) is 5.26 Å². The first-order chi connectivity index (χ1) is 12.4. The van der Waals surface area contributed by atoms with Crippen molar-refractivity contribution < 1.29 is 14.3 Å². The molecular weight excluding hydrogens is 354 g/mol. The molecule has 0 heterocycles. The van der Waals surface area contributed by atoms with Crippen LogP contribution in [0.2, 0.25) is 5.02 Å². The molecule has 0 aliphatic rings. The van der Waals surface area contributed by atoms with Gasteiger partial charge in [-0.2, -0.15) is 5.26 Å². The predicted octanol–water partition coefficient (Wildman–Crippen LogP) is 3.06. The number of aryl methyl sites for hydroxylation is 1. The number of hydrogen-bond acceptors (Lipinski definition) is 4. The molecule has 6 nitrogen and oxygen atoms in total. The summed E-state index contributed by atoms with van der Waals surface area (Å²) in [5, 5.41) is 12.2. The van der Waals surface area contributed by atoms with E-state index in [4.69, 9.17) is 22.1 Å². The number of primary amides is 1. The number of rotatable bonds is 6. The van der Waals surface area contributed by atoms with Gasteiger partial charge in [0.15, 0.2) is 6.61 Å². The number of carbonyl (C=O) groups is 2. The molecule has 2 rings (SSSR count). The van der Waals surface area contributed by atoms with Crippen molar-refractivity contribution in [1.82, 2.24) is 0 Å². The van der Waals surface area contributed by atoms with Crippen LogP contribution in [-0.4, -0.2) is 18.4 Å². The summed E-state index contributed by atoms with van der Waals surface area (Å²) in [5.41, 5.74) is 7.00. The van der Waals surface area contributed by atoms with E-state index in [2.05, 4.69) is 5.32 Å². The van der Waals surface area contributed by atoms with Crippen LogP contribution in [0.5, 0.6) is 5.75 Å². The minimum Gasteiger partial charge on any atom is -0.482 e. The Kier molecular flexibility index (Phi) is 6.36. The highest BCUT2D eigenvalue weighted by Gasteiger charge is 2.11. The Hall–Kier alpha value is -3.30. The molecule has 0 aliphatic carbocycles. The fourth-order valence-corrected chi connectivity index (χ4v) is 2.33. The van der Waals surface area contributed by atoms with Crippen LogP contribution in [0.1, 0.15) is 11.1 Å². The van der Waals surface area contributed by atoms with Crippen molar-refractivity contribution in [2.45, 2.75) is 6.92 Å². The van der Waals surface area contributed by atoms with Crippen LogP contribution in [0.3, 0.4) is 0 Å². The smallest absolute Gasteiger partial charge is 0.266 e. The standard InChI is InChI=1S/C19H16ClN3O3/c1-12-4-2-3-5-16(12)23-19(25)14(10-21)8-13-6-7-17(15(20)9-13)26-11-18(22)24/h2-9H,11H2,1H3,(H2,22,24)(H,23,25)/b14-8+. The maximum Gasteiger partial charge on any atom is 0.266 e. The first-order valence-electron chi connectivity index (χ1n) is 7.60. The van der Waals surface area contributed by atoms with Gasteiger partial charge in [0.2, 0.25) is 0 Å². The number of nitriles is 1. The van der Waals surface area contributed by atoms with Gasteiger partial charge in [-0.3, -0.25) is 9.59 Å². The van der Waals surface area contributed by atoms with Crippen molar-refractivity contribution in [2.75, 3.05) is 11.9 Å². The fraction of sp³-hybridized carbons (Fsp3) is 0.105. The second-order valence-electron chi connectivity index (χ2n) is 5.38. The zero-order chi connectivity index (χ0) is 19.1. The van der Waals surface area contributed by atoms with Crippen LogP contribution in [0.4, 0.5) is 5.69 Å². The molecule has 0 saturated heterocycles. The van der Waals surface area contributed by atoms with E-state index >= 15 is 0 Å². The molecule has 7 heteroatoms. The molecule has 0 saturated carbocycles. The minimum atomic E-state index is -0.621. The van der Waals surface area contributed by atoms with E-state index < -0.39 is 11.8 Å². The lowest BCUT2D eigenvalue weighted by molar-refractivity contribution is -0.120. The molecule has 26 heavy (non-hydrogen) atoms. The number of anilines is 1. The van der Waals surface area contributed by atoms with Crippen molar-refractivity contribution in [2.24, 2.45) is 5.73 Å². The van der Waals surface area contributed by atoms with Crippen LogP contribution >= 0.6 is 11.6 Å². The van der Waals surface area contributed by atoms with Crippen molar-refractivity contribution in [3.8, 4) is 11.8 Å². The number of halogens is 1. The third kappa shape index (κ3) is 5.10. The highest BCUT2D eigenvalue weighted by atomic mass is 35.5. The van der Waals surface area contributed by atoms with E-state index in [1.165, 1.54) is 18.2 Å². The van der Waals surface area contributed by atoms with Crippen molar-refractivity contribution in [3.63, 3.8) is 0 Å². The number of nitrogens with zero attached hydrogens (tertiary/aromatic N) is 1. The van der Waals surface area contributed by atoms with Gasteiger partial charge >= 0.3 is 0 Å². The van der Waals surface area contributed by atoms with Gasteiger partial charge < -0.3 is 15.8 Å². The first kappa shape index (κ1) is 19.0. The number of hydrogen-bond donors (Lipinski definition) is 2. The molecule has 132 valence electrons. The molecule has 0 bridgehead atoms. The summed E-state index contributed by atoms with van der Waals surface area (Å²) in [7, 11) is 0. The van der Waals surface area contributed by atoms with Gasteiger partial charge in [-0.25, -0.2) is 0 Å². The molecule has 0 unspecified atom stereocenters. The molecule has 0 radical (unpaired) electrons. The molecule has 3 N–H and O–H groups in total. The van der Waals surface area contributed by atoms with E-state index in [9.17, 15) is 14.9 Å². The lowest BCUT2D eigenvalue weighted by Gasteiger charge is -2.08. The van der Waals surface area contributed by atoms with Gasteiger partial charge in [0.1, 0.15) is 17.4 Å². The number of ether oxygens (including phenoxy) is 1. The largest absolute Gasteiger partial charge is 0.482 e. The van der Waals surface area contributed by atoms with E-state index in [-0.39, 0.29) is 23.0 Å². The zero-order valence-electron chi connectivity index (χ0n) is 14.0. The van der Waals surface area contributed by atoms with Crippen LogP contribution in [-0.2, 0) is 9.59 Å². The third-order valence-corrected chi connectivity index (χ3v) is 3.69. The van der Waals surface area contributed by atoms with Gasteiger partial charge in [0.25, 0.3) is 11.8 Å². The third-order valence-electron chi connectivity index (χ3n) is 3.40. The predicted molar refractivity (Wildman–Crippen MR) is 99.5 cm³/mol. The Morgan fingerprint density at radius 1 is 1.31 bits per heavy atom. The second-order valence-corrected chi connectivity index (χ2v) is 5.79. The number of carbonyl (C=O) groups excluding carboxylic acids is 2. The summed E-state index contributed by atoms with van der Waals surface area (Å²) in [6.45, 7) is 1.56. The molecule has 0 aromatic heterocycles. The Labute approximate surface area is 155 Å². The average molecular weight is 370 g/mol. The van der Waals surface area contributed by atoms with Gasteiger partial charge in [0.05, 0.1) is 5.02 Å². The highest BCUT2D eigenvalue weighted by molar-refractivity contribution is 6.32. The topological polar surface area (TPSA) is 105 Å². The van der Waals surface area contributed by atoms with Gasteiger partial charge in [-0.15, -0.1) is 0 Å². The Bertz CT molecular complexity index is 916. The van der Waals surface area contributed by atoms with Gasteiger partial charge in [-0.05, 0) is 42.3 Å². The average Bonchev–Trinajstić information content (AvgIpc) is 2.60. The molecule has 0 fully saturated rings. The number of para-hydroxylation sites is 1. The van der Waals surface area contributed by atoms with Gasteiger partial charge in [0, 0.05) is 5.69 Å². The van der Waals surface area contributed by atoms with Crippen LogP contribution in [0.15, 0.2) is 48.0 Å². The fourth-order valence-electron chi connectivity index (χ4n) is 2.09. The van der Waals surface area contributed by atoms with Crippen LogP contribution in [0.25, 0.3) is 6.08 Å². The summed E-state index contributed by atoms with van der Waals surface area (Å²) in [6, 6.07) is 13.8. The molecule has 2 amide bonds. The summed E-state index contributed by atoms with van der Waals surface area (Å²) in [4.78, 5) is 23.1. The monoisotopic (exact) mass is 369 g/mol. The van der Waals surface area contributed by atoms with E-state index in [1.807, 2.05) is 25.1 Å². The number of nitrogens with two attached hydrogens (primary N) is 1. The number of benzene rings is 2. The van der Waals surface area contributed by atoms with Gasteiger partial charge in [-0.1, -0.05) is 35.9 Å². The Morgan fingerprint density at radius 3 is 2.65 bits per heavy atom. The Morgan fingerprint density at radius 2 is 2.04 bits per heavy atom. The maximum absolute atomic E-state index is 12.3. The summed E-state index contributed by atoms with van der Waals surface area (Å²) in [6.07, 6.45) is 1.41. The molecule has 2 aromatic carbocycles. The quantitative estimate of drug-likeness (QED) is 0.603. The highest BCUT2D eigenvalue weighted by Crippen LogP contribution is 2.26. The van der Waals surface area contributed by atoms with E-state index in [0.717, 1.165) is 5.56 Å². The second kappa shape index (κ2) is 8.70. The lowest BCUT2D eigenvalue weighted by atomic mass is 10.1. The normalized spacial score (nSPS) is 10.7. The van der Waals surface area contributed by atoms with E-state index in [0.29, 0.717) is 11.3 Å². The minimum absolute atomic E-state index is 0.0740. The molecular formula is C19H16ClN3O3.